The lowest BCUT2D eigenvalue weighted by molar-refractivity contribution is -0.148. The molecule has 7 nitrogen and oxygen atoms in total. The second kappa shape index (κ2) is 9.39. The standard InChI is InChI=1S/C16H24N2O5S/c1-4-8-17-15(19)11-23-16(20)7-9-18-24(21,22)14-6-5-12(2)10-13(14)3/h5-6,10,18H,4,7-9,11H2,1-3H3,(H,17,19). The SMILES string of the molecule is CCCNC(=O)COC(=O)CCNS(=O)(=O)c1ccc(C)cc1C. The van der Waals surface area contributed by atoms with Crippen LogP contribution in [0.4, 0.5) is 0 Å². The number of hydrogen-bond acceptors (Lipinski definition) is 5. The molecule has 1 rings (SSSR count). The Bertz CT molecular complexity index is 686. The van der Waals surface area contributed by atoms with Crippen molar-refractivity contribution < 1.29 is 22.7 Å². The van der Waals surface area contributed by atoms with Crippen LogP contribution in [0.15, 0.2) is 23.1 Å². The fraction of sp³-hybridized carbons (Fsp3) is 0.500. The highest BCUT2D eigenvalue weighted by atomic mass is 32.2. The number of carbonyl (C=O) groups is 2. The summed E-state index contributed by atoms with van der Waals surface area (Å²) in [6, 6.07) is 5.02. The lowest BCUT2D eigenvalue weighted by atomic mass is 10.2. The van der Waals surface area contributed by atoms with E-state index in [1.54, 1.807) is 19.1 Å². The Labute approximate surface area is 142 Å². The van der Waals surface area contributed by atoms with E-state index in [0.29, 0.717) is 12.1 Å². The molecule has 0 aliphatic carbocycles. The van der Waals surface area contributed by atoms with Crippen molar-refractivity contribution in [2.24, 2.45) is 0 Å². The third kappa shape index (κ3) is 6.67. The first kappa shape index (κ1) is 20.1. The zero-order chi connectivity index (χ0) is 18.2. The summed E-state index contributed by atoms with van der Waals surface area (Å²) in [5.74, 6) is -1.01. The van der Waals surface area contributed by atoms with Gasteiger partial charge in [0.2, 0.25) is 10.0 Å². The molecule has 0 spiro atoms. The summed E-state index contributed by atoms with van der Waals surface area (Å²) in [6.07, 6.45) is 0.644. The van der Waals surface area contributed by atoms with E-state index in [4.69, 9.17) is 4.74 Å². The molecule has 8 heteroatoms. The molecule has 0 heterocycles. The van der Waals surface area contributed by atoms with Gasteiger partial charge in [-0.25, -0.2) is 13.1 Å². The smallest absolute Gasteiger partial charge is 0.307 e. The van der Waals surface area contributed by atoms with E-state index >= 15 is 0 Å². The maximum absolute atomic E-state index is 12.2. The van der Waals surface area contributed by atoms with E-state index in [-0.39, 0.29) is 30.4 Å². The number of benzene rings is 1. The Morgan fingerprint density at radius 3 is 2.50 bits per heavy atom. The summed E-state index contributed by atoms with van der Waals surface area (Å²) in [4.78, 5) is 23.0. The molecule has 0 unspecified atom stereocenters. The quantitative estimate of drug-likeness (QED) is 0.644. The summed E-state index contributed by atoms with van der Waals surface area (Å²) < 4.78 is 31.5. The molecule has 0 atom stereocenters. The minimum absolute atomic E-state index is 0.0922. The van der Waals surface area contributed by atoms with Gasteiger partial charge in [0, 0.05) is 13.1 Å². The van der Waals surface area contributed by atoms with Gasteiger partial charge in [-0.05, 0) is 31.9 Å². The van der Waals surface area contributed by atoms with E-state index in [1.807, 2.05) is 13.8 Å². The van der Waals surface area contributed by atoms with Crippen molar-refractivity contribution in [1.29, 1.82) is 0 Å². The number of amides is 1. The number of carbonyl (C=O) groups excluding carboxylic acids is 2. The van der Waals surface area contributed by atoms with Crippen LogP contribution in [0.1, 0.15) is 30.9 Å². The second-order valence-electron chi connectivity index (χ2n) is 5.43. The van der Waals surface area contributed by atoms with Crippen LogP contribution in [-0.4, -0.2) is 40.0 Å². The Morgan fingerprint density at radius 2 is 1.88 bits per heavy atom. The predicted molar refractivity (Wildman–Crippen MR) is 90.0 cm³/mol. The van der Waals surface area contributed by atoms with Gasteiger partial charge in [0.1, 0.15) is 0 Å². The predicted octanol–water partition coefficient (Wildman–Crippen LogP) is 1.04. The lowest BCUT2D eigenvalue weighted by Gasteiger charge is -2.10. The Hall–Kier alpha value is -1.93. The van der Waals surface area contributed by atoms with Crippen LogP contribution >= 0.6 is 0 Å². The van der Waals surface area contributed by atoms with Crippen molar-refractivity contribution >= 4 is 21.9 Å². The Morgan fingerprint density at radius 1 is 1.17 bits per heavy atom. The van der Waals surface area contributed by atoms with Gasteiger partial charge in [0.05, 0.1) is 11.3 Å². The molecular weight excluding hydrogens is 332 g/mol. The molecule has 24 heavy (non-hydrogen) atoms. The van der Waals surface area contributed by atoms with E-state index in [1.165, 1.54) is 6.07 Å². The molecule has 0 radical (unpaired) electrons. The first-order chi connectivity index (χ1) is 11.3. The minimum atomic E-state index is -3.68. The van der Waals surface area contributed by atoms with Crippen LogP contribution in [0.25, 0.3) is 0 Å². The number of rotatable bonds is 9. The fourth-order valence-electron chi connectivity index (χ4n) is 2.00. The van der Waals surface area contributed by atoms with Crippen molar-refractivity contribution in [3.8, 4) is 0 Å². The molecule has 0 aliphatic heterocycles. The van der Waals surface area contributed by atoms with Crippen molar-refractivity contribution in [2.75, 3.05) is 19.7 Å². The molecule has 1 aromatic carbocycles. The van der Waals surface area contributed by atoms with Crippen LogP contribution in [0, 0.1) is 13.8 Å². The number of esters is 1. The van der Waals surface area contributed by atoms with Crippen LogP contribution in [0.3, 0.4) is 0 Å². The molecule has 0 fully saturated rings. The van der Waals surface area contributed by atoms with E-state index in [9.17, 15) is 18.0 Å². The Kier molecular flexibility index (Phi) is 7.87. The van der Waals surface area contributed by atoms with Gasteiger partial charge < -0.3 is 10.1 Å². The van der Waals surface area contributed by atoms with Gasteiger partial charge in [-0.1, -0.05) is 24.6 Å². The maximum Gasteiger partial charge on any atom is 0.307 e. The fourth-order valence-corrected chi connectivity index (χ4v) is 3.26. The Balaban J connectivity index is 2.43. The van der Waals surface area contributed by atoms with E-state index < -0.39 is 16.0 Å². The van der Waals surface area contributed by atoms with Crippen molar-refractivity contribution in [1.82, 2.24) is 10.0 Å². The van der Waals surface area contributed by atoms with Gasteiger partial charge in [-0.3, -0.25) is 9.59 Å². The summed E-state index contributed by atoms with van der Waals surface area (Å²) in [6.45, 7) is 5.57. The third-order valence-electron chi connectivity index (χ3n) is 3.18. The first-order valence-electron chi connectivity index (χ1n) is 7.75. The van der Waals surface area contributed by atoms with Gasteiger partial charge in [-0.15, -0.1) is 0 Å². The van der Waals surface area contributed by atoms with Crippen molar-refractivity contribution in [2.45, 2.75) is 38.5 Å². The lowest BCUT2D eigenvalue weighted by Crippen LogP contribution is -2.31. The summed E-state index contributed by atoms with van der Waals surface area (Å²) in [7, 11) is -3.68. The third-order valence-corrected chi connectivity index (χ3v) is 4.80. The number of sulfonamides is 1. The summed E-state index contributed by atoms with van der Waals surface area (Å²) in [5.41, 5.74) is 1.61. The molecular formula is C16H24N2O5S. The summed E-state index contributed by atoms with van der Waals surface area (Å²) >= 11 is 0. The topological polar surface area (TPSA) is 102 Å². The van der Waals surface area contributed by atoms with Gasteiger partial charge >= 0.3 is 5.97 Å². The highest BCUT2D eigenvalue weighted by Gasteiger charge is 2.17. The van der Waals surface area contributed by atoms with Crippen LogP contribution < -0.4 is 10.0 Å². The molecule has 134 valence electrons. The number of ether oxygens (including phenoxy) is 1. The average Bonchev–Trinajstić information content (AvgIpc) is 2.50. The zero-order valence-corrected chi connectivity index (χ0v) is 15.0. The highest BCUT2D eigenvalue weighted by molar-refractivity contribution is 7.89. The zero-order valence-electron chi connectivity index (χ0n) is 14.2. The van der Waals surface area contributed by atoms with Gasteiger partial charge in [0.15, 0.2) is 6.61 Å². The normalized spacial score (nSPS) is 11.1. The number of nitrogens with one attached hydrogen (secondary N) is 2. The molecule has 0 aliphatic rings. The van der Waals surface area contributed by atoms with Crippen LogP contribution in [0.5, 0.6) is 0 Å². The first-order valence-corrected chi connectivity index (χ1v) is 9.24. The number of hydrogen-bond donors (Lipinski definition) is 2. The number of aryl methyl sites for hydroxylation is 2. The van der Waals surface area contributed by atoms with Crippen molar-refractivity contribution in [3.05, 3.63) is 29.3 Å². The molecule has 1 aromatic rings. The van der Waals surface area contributed by atoms with E-state index in [0.717, 1.165) is 12.0 Å². The average molecular weight is 356 g/mol. The molecule has 0 saturated carbocycles. The second-order valence-corrected chi connectivity index (χ2v) is 7.16. The largest absolute Gasteiger partial charge is 0.456 e. The van der Waals surface area contributed by atoms with Gasteiger partial charge in [-0.2, -0.15) is 0 Å². The van der Waals surface area contributed by atoms with Crippen LogP contribution in [-0.2, 0) is 24.3 Å². The molecule has 1 amide bonds. The van der Waals surface area contributed by atoms with Crippen molar-refractivity contribution in [3.63, 3.8) is 0 Å². The monoisotopic (exact) mass is 356 g/mol. The van der Waals surface area contributed by atoms with Gasteiger partial charge in [0.25, 0.3) is 5.91 Å². The maximum atomic E-state index is 12.2. The summed E-state index contributed by atoms with van der Waals surface area (Å²) in [5, 5.41) is 2.57. The molecule has 2 N–H and O–H groups in total. The van der Waals surface area contributed by atoms with E-state index in [2.05, 4.69) is 10.0 Å². The molecule has 0 saturated heterocycles. The highest BCUT2D eigenvalue weighted by Crippen LogP contribution is 2.16. The molecule has 0 bridgehead atoms. The minimum Gasteiger partial charge on any atom is -0.456 e. The molecule has 0 aromatic heterocycles. The van der Waals surface area contributed by atoms with Crippen LogP contribution in [0.2, 0.25) is 0 Å².